The Morgan fingerprint density at radius 1 is 1.40 bits per heavy atom. The van der Waals surface area contributed by atoms with Crippen molar-refractivity contribution < 1.29 is 4.74 Å². The van der Waals surface area contributed by atoms with Crippen LogP contribution < -0.4 is 4.74 Å². The number of ether oxygens (including phenoxy) is 1. The van der Waals surface area contributed by atoms with Crippen molar-refractivity contribution >= 4 is 22.6 Å². The predicted molar refractivity (Wildman–Crippen MR) is 71.5 cm³/mol. The maximum atomic E-state index is 5.87. The van der Waals surface area contributed by atoms with E-state index in [0.29, 0.717) is 5.92 Å². The highest BCUT2D eigenvalue weighted by Gasteiger charge is 2.22. The van der Waals surface area contributed by atoms with Crippen LogP contribution in [0.15, 0.2) is 18.2 Å². The van der Waals surface area contributed by atoms with Gasteiger partial charge in [-0.3, -0.25) is 0 Å². The Balaban J connectivity index is 2.12. The summed E-state index contributed by atoms with van der Waals surface area (Å²) in [5, 5.41) is 0. The average molecular weight is 316 g/mol. The molecular formula is C13H17IO. The van der Waals surface area contributed by atoms with Gasteiger partial charge in [0.1, 0.15) is 5.75 Å². The Labute approximate surface area is 105 Å². The molecule has 0 heterocycles. The predicted octanol–water partition coefficient (Wildman–Crippen LogP) is 4.20. The van der Waals surface area contributed by atoms with Gasteiger partial charge in [0.25, 0.3) is 0 Å². The van der Waals surface area contributed by atoms with Crippen molar-refractivity contribution in [2.24, 2.45) is 5.92 Å². The largest absolute Gasteiger partial charge is 0.493 e. The lowest BCUT2D eigenvalue weighted by Crippen LogP contribution is -2.02. The lowest BCUT2D eigenvalue weighted by molar-refractivity contribution is 0.295. The van der Waals surface area contributed by atoms with Crippen LogP contribution in [0.25, 0.3) is 0 Å². The molecule has 1 aliphatic rings. The van der Waals surface area contributed by atoms with Gasteiger partial charge in [-0.2, -0.15) is 0 Å². The molecule has 0 saturated heterocycles. The van der Waals surface area contributed by atoms with E-state index in [1.165, 1.54) is 22.0 Å². The van der Waals surface area contributed by atoms with Crippen LogP contribution in [-0.4, -0.2) is 6.61 Å². The van der Waals surface area contributed by atoms with Crippen molar-refractivity contribution in [3.05, 3.63) is 27.3 Å². The Bertz CT molecular complexity index is 342. The molecular weight excluding hydrogens is 299 g/mol. The highest BCUT2D eigenvalue weighted by molar-refractivity contribution is 14.1. The van der Waals surface area contributed by atoms with E-state index in [2.05, 4.69) is 54.6 Å². The van der Waals surface area contributed by atoms with Gasteiger partial charge < -0.3 is 4.74 Å². The molecule has 1 aromatic rings. The topological polar surface area (TPSA) is 9.23 Å². The smallest absolute Gasteiger partial charge is 0.122 e. The summed E-state index contributed by atoms with van der Waals surface area (Å²) in [7, 11) is 0. The quantitative estimate of drug-likeness (QED) is 0.756. The first-order valence-electron chi connectivity index (χ1n) is 5.59. The third kappa shape index (κ3) is 3.10. The second-order valence-corrected chi connectivity index (χ2v) is 5.84. The van der Waals surface area contributed by atoms with Gasteiger partial charge in [-0.15, -0.1) is 0 Å². The summed E-state index contributed by atoms with van der Waals surface area (Å²) in [6.45, 7) is 5.34. The van der Waals surface area contributed by atoms with Gasteiger partial charge in [-0.25, -0.2) is 0 Å². The molecule has 15 heavy (non-hydrogen) atoms. The molecule has 1 fully saturated rings. The summed E-state index contributed by atoms with van der Waals surface area (Å²) in [6.07, 6.45) is 2.70. The van der Waals surface area contributed by atoms with Crippen LogP contribution in [0, 0.1) is 9.49 Å². The number of rotatable bonds is 4. The Morgan fingerprint density at radius 2 is 2.13 bits per heavy atom. The van der Waals surface area contributed by atoms with Crippen LogP contribution in [0.1, 0.15) is 38.2 Å². The van der Waals surface area contributed by atoms with Crippen LogP contribution in [0.4, 0.5) is 0 Å². The lowest BCUT2D eigenvalue weighted by atomic mass is 10.0. The minimum Gasteiger partial charge on any atom is -0.493 e. The molecule has 82 valence electrons. The first-order chi connectivity index (χ1) is 7.16. The van der Waals surface area contributed by atoms with Crippen LogP contribution >= 0.6 is 22.6 Å². The fourth-order valence-corrected chi connectivity index (χ4v) is 2.11. The molecule has 0 amide bonds. The third-order valence-corrected chi connectivity index (χ3v) is 3.44. The zero-order valence-electron chi connectivity index (χ0n) is 9.29. The van der Waals surface area contributed by atoms with Gasteiger partial charge in [0.2, 0.25) is 0 Å². The Hall–Kier alpha value is -0.250. The maximum absolute atomic E-state index is 5.87. The molecule has 1 nitrogen and oxygen atoms in total. The summed E-state index contributed by atoms with van der Waals surface area (Å²) in [4.78, 5) is 0. The second-order valence-electron chi connectivity index (χ2n) is 4.59. The van der Waals surface area contributed by atoms with Gasteiger partial charge in [-0.05, 0) is 71.0 Å². The van der Waals surface area contributed by atoms with Crippen molar-refractivity contribution in [1.29, 1.82) is 0 Å². The zero-order valence-corrected chi connectivity index (χ0v) is 11.5. The Morgan fingerprint density at radius 3 is 2.73 bits per heavy atom. The van der Waals surface area contributed by atoms with Crippen LogP contribution in [0.2, 0.25) is 0 Å². The van der Waals surface area contributed by atoms with Gasteiger partial charge in [0.05, 0.1) is 6.61 Å². The first-order valence-corrected chi connectivity index (χ1v) is 6.67. The molecule has 1 saturated carbocycles. The molecule has 0 radical (unpaired) electrons. The zero-order chi connectivity index (χ0) is 10.8. The van der Waals surface area contributed by atoms with Gasteiger partial charge in [0.15, 0.2) is 0 Å². The summed E-state index contributed by atoms with van der Waals surface area (Å²) in [5.74, 6) is 2.44. The van der Waals surface area contributed by atoms with Crippen molar-refractivity contribution in [3.63, 3.8) is 0 Å². The average Bonchev–Trinajstić information content (AvgIpc) is 2.99. The molecule has 2 rings (SSSR count). The highest BCUT2D eigenvalue weighted by Crippen LogP contribution is 2.32. The fourth-order valence-electron chi connectivity index (χ4n) is 1.59. The van der Waals surface area contributed by atoms with E-state index >= 15 is 0 Å². The van der Waals surface area contributed by atoms with E-state index in [-0.39, 0.29) is 0 Å². The maximum Gasteiger partial charge on any atom is 0.122 e. The van der Waals surface area contributed by atoms with Gasteiger partial charge >= 0.3 is 0 Å². The monoisotopic (exact) mass is 316 g/mol. The first kappa shape index (κ1) is 11.2. The summed E-state index contributed by atoms with van der Waals surface area (Å²) < 4.78 is 7.16. The van der Waals surface area contributed by atoms with E-state index in [0.717, 1.165) is 18.3 Å². The number of hydrogen-bond donors (Lipinski definition) is 0. The Kier molecular flexibility index (Phi) is 3.54. The minimum atomic E-state index is 0.536. The molecule has 0 bridgehead atoms. The molecule has 0 aromatic heterocycles. The number of hydrogen-bond acceptors (Lipinski definition) is 1. The third-order valence-electron chi connectivity index (χ3n) is 2.77. The van der Waals surface area contributed by atoms with Crippen LogP contribution in [-0.2, 0) is 0 Å². The van der Waals surface area contributed by atoms with E-state index in [1.54, 1.807) is 0 Å². The minimum absolute atomic E-state index is 0.536. The summed E-state index contributed by atoms with van der Waals surface area (Å²) >= 11 is 2.35. The van der Waals surface area contributed by atoms with E-state index in [1.807, 2.05) is 0 Å². The molecule has 1 aliphatic carbocycles. The van der Waals surface area contributed by atoms with Crippen LogP contribution in [0.5, 0.6) is 5.75 Å². The van der Waals surface area contributed by atoms with E-state index in [4.69, 9.17) is 4.74 Å². The van der Waals surface area contributed by atoms with Crippen molar-refractivity contribution in [2.75, 3.05) is 6.61 Å². The van der Waals surface area contributed by atoms with Gasteiger partial charge in [0, 0.05) is 3.57 Å². The fraction of sp³-hybridized carbons (Fsp3) is 0.538. The molecule has 0 spiro atoms. The van der Waals surface area contributed by atoms with Crippen LogP contribution in [0.3, 0.4) is 0 Å². The molecule has 0 N–H and O–H groups in total. The molecule has 1 aromatic carbocycles. The summed E-state index contributed by atoms with van der Waals surface area (Å²) in [6, 6.07) is 6.46. The SMILES string of the molecule is CC(C)c1cc(I)ccc1OCC1CC1. The number of benzene rings is 1. The molecule has 2 heteroatoms. The van der Waals surface area contributed by atoms with Gasteiger partial charge in [-0.1, -0.05) is 13.8 Å². The molecule has 0 unspecified atom stereocenters. The molecule has 0 aliphatic heterocycles. The van der Waals surface area contributed by atoms with Crippen molar-refractivity contribution in [2.45, 2.75) is 32.6 Å². The normalized spacial score (nSPS) is 15.7. The lowest BCUT2D eigenvalue weighted by Gasteiger charge is -2.14. The standard InChI is InChI=1S/C13H17IO/c1-9(2)12-7-11(14)5-6-13(12)15-8-10-3-4-10/h5-7,9-10H,3-4,8H2,1-2H3. The van der Waals surface area contributed by atoms with Crippen molar-refractivity contribution in [1.82, 2.24) is 0 Å². The second kappa shape index (κ2) is 4.73. The molecule has 0 atom stereocenters. The van der Waals surface area contributed by atoms with E-state index in [9.17, 15) is 0 Å². The number of halogens is 1. The van der Waals surface area contributed by atoms with Crippen molar-refractivity contribution in [3.8, 4) is 5.75 Å². The summed E-state index contributed by atoms with van der Waals surface area (Å²) in [5.41, 5.74) is 1.34. The van der Waals surface area contributed by atoms with E-state index < -0.39 is 0 Å². The highest BCUT2D eigenvalue weighted by atomic mass is 127.